The summed E-state index contributed by atoms with van der Waals surface area (Å²) in [6, 6.07) is 5.51. The lowest BCUT2D eigenvalue weighted by atomic mass is 10.1. The van der Waals surface area contributed by atoms with Crippen LogP contribution in [0.1, 0.15) is 23.2 Å². The first-order chi connectivity index (χ1) is 8.24. The van der Waals surface area contributed by atoms with Crippen molar-refractivity contribution in [2.75, 3.05) is 6.61 Å². The molecule has 0 amide bonds. The summed E-state index contributed by atoms with van der Waals surface area (Å²) in [4.78, 5) is 13.9. The van der Waals surface area contributed by atoms with Crippen molar-refractivity contribution in [1.82, 2.24) is 4.98 Å². The summed E-state index contributed by atoms with van der Waals surface area (Å²) in [5, 5.41) is 9.73. The Kier molecular flexibility index (Phi) is 2.28. The fourth-order valence-electron chi connectivity index (χ4n) is 1.87. The number of rotatable bonds is 4. The summed E-state index contributed by atoms with van der Waals surface area (Å²) in [5.41, 5.74) is 1.11. The molecule has 2 aromatic rings. The largest absolute Gasteiger partial charge is 0.493 e. The number of hydrogen-bond donors (Lipinski definition) is 2. The molecule has 17 heavy (non-hydrogen) atoms. The van der Waals surface area contributed by atoms with Gasteiger partial charge in [-0.05, 0) is 37.0 Å². The van der Waals surface area contributed by atoms with Crippen LogP contribution in [0.4, 0.5) is 0 Å². The number of benzene rings is 1. The third-order valence-corrected chi connectivity index (χ3v) is 3.07. The zero-order chi connectivity index (χ0) is 11.8. The van der Waals surface area contributed by atoms with Crippen LogP contribution >= 0.6 is 0 Å². The van der Waals surface area contributed by atoms with Crippen LogP contribution in [0.3, 0.4) is 0 Å². The van der Waals surface area contributed by atoms with Crippen LogP contribution in [0.2, 0.25) is 0 Å². The predicted octanol–water partition coefficient (Wildman–Crippen LogP) is 2.65. The molecule has 4 nitrogen and oxygen atoms in total. The maximum absolute atomic E-state index is 11.0. The number of aromatic carboxylic acids is 1. The van der Waals surface area contributed by atoms with Gasteiger partial charge in [-0.3, -0.25) is 0 Å². The molecule has 88 valence electrons. The minimum Gasteiger partial charge on any atom is -0.493 e. The molecule has 2 N–H and O–H groups in total. The van der Waals surface area contributed by atoms with Crippen molar-refractivity contribution in [3.63, 3.8) is 0 Å². The van der Waals surface area contributed by atoms with E-state index in [0.717, 1.165) is 17.9 Å². The van der Waals surface area contributed by atoms with E-state index < -0.39 is 5.97 Å². The fraction of sp³-hybridized carbons (Fsp3) is 0.308. The van der Waals surface area contributed by atoms with Gasteiger partial charge in [0, 0.05) is 17.1 Å². The average Bonchev–Trinajstić information content (AvgIpc) is 3.04. The standard InChI is InChI=1S/C13H13NO3/c15-13(16)11-6-14-12-4-3-9(5-10(11)12)17-7-8-1-2-8/h3-6,8,14H,1-2,7H2,(H,15,16). The second-order valence-electron chi connectivity index (χ2n) is 4.47. The smallest absolute Gasteiger partial charge is 0.337 e. The van der Waals surface area contributed by atoms with Gasteiger partial charge in [0.05, 0.1) is 12.2 Å². The summed E-state index contributed by atoms with van der Waals surface area (Å²) in [7, 11) is 0. The number of ether oxygens (including phenoxy) is 1. The number of aromatic nitrogens is 1. The Balaban J connectivity index is 1.91. The van der Waals surface area contributed by atoms with E-state index in [2.05, 4.69) is 4.98 Å². The van der Waals surface area contributed by atoms with Crippen molar-refractivity contribution in [1.29, 1.82) is 0 Å². The van der Waals surface area contributed by atoms with Gasteiger partial charge < -0.3 is 14.8 Å². The maximum atomic E-state index is 11.0. The van der Waals surface area contributed by atoms with Crippen LogP contribution in [0.5, 0.6) is 5.75 Å². The molecule has 1 fully saturated rings. The minimum atomic E-state index is -0.921. The Hall–Kier alpha value is -1.97. The molecule has 0 atom stereocenters. The lowest BCUT2D eigenvalue weighted by Gasteiger charge is -2.05. The van der Waals surface area contributed by atoms with Crippen LogP contribution in [0.25, 0.3) is 10.9 Å². The van der Waals surface area contributed by atoms with Gasteiger partial charge in [0.2, 0.25) is 0 Å². The first kappa shape index (κ1) is 10.2. The maximum Gasteiger partial charge on any atom is 0.337 e. The first-order valence-corrected chi connectivity index (χ1v) is 5.71. The number of aromatic amines is 1. The first-order valence-electron chi connectivity index (χ1n) is 5.71. The topological polar surface area (TPSA) is 62.3 Å². The van der Waals surface area contributed by atoms with Crippen molar-refractivity contribution in [2.45, 2.75) is 12.8 Å². The fourth-order valence-corrected chi connectivity index (χ4v) is 1.87. The quantitative estimate of drug-likeness (QED) is 0.850. The molecular weight excluding hydrogens is 218 g/mol. The molecule has 1 aromatic heterocycles. The molecule has 0 radical (unpaired) electrons. The molecule has 0 spiro atoms. The van der Waals surface area contributed by atoms with Gasteiger partial charge in [0.1, 0.15) is 5.75 Å². The van der Waals surface area contributed by atoms with E-state index >= 15 is 0 Å². The molecule has 1 heterocycles. The number of carbonyl (C=O) groups is 1. The number of H-pyrrole nitrogens is 1. The second kappa shape index (κ2) is 3.80. The zero-order valence-corrected chi connectivity index (χ0v) is 9.27. The predicted molar refractivity (Wildman–Crippen MR) is 63.5 cm³/mol. The number of fused-ring (bicyclic) bond motifs is 1. The number of carboxylic acid groups (broad SMARTS) is 1. The number of carboxylic acids is 1. The number of nitrogens with one attached hydrogen (secondary N) is 1. The highest BCUT2D eigenvalue weighted by molar-refractivity contribution is 6.03. The van der Waals surface area contributed by atoms with Crippen molar-refractivity contribution >= 4 is 16.9 Å². The third kappa shape index (κ3) is 1.98. The van der Waals surface area contributed by atoms with Gasteiger partial charge in [-0.25, -0.2) is 4.79 Å². The van der Waals surface area contributed by atoms with Gasteiger partial charge in [0.15, 0.2) is 0 Å². The summed E-state index contributed by atoms with van der Waals surface area (Å²) in [5.74, 6) is 0.512. The molecule has 0 unspecified atom stereocenters. The van der Waals surface area contributed by atoms with Crippen LogP contribution < -0.4 is 4.74 Å². The number of hydrogen-bond acceptors (Lipinski definition) is 2. The normalized spacial score (nSPS) is 15.1. The lowest BCUT2D eigenvalue weighted by molar-refractivity contribution is 0.0699. The Bertz CT molecular complexity index is 569. The lowest BCUT2D eigenvalue weighted by Crippen LogP contribution is -1.99. The van der Waals surface area contributed by atoms with E-state index in [1.54, 1.807) is 6.07 Å². The van der Waals surface area contributed by atoms with Gasteiger partial charge in [0.25, 0.3) is 0 Å². The van der Waals surface area contributed by atoms with Crippen molar-refractivity contribution in [3.05, 3.63) is 30.0 Å². The molecule has 3 rings (SSSR count). The van der Waals surface area contributed by atoms with Gasteiger partial charge in [-0.1, -0.05) is 0 Å². The molecular formula is C13H13NO3. The molecule has 1 aliphatic rings. The van der Waals surface area contributed by atoms with Crippen molar-refractivity contribution in [3.8, 4) is 5.75 Å². The van der Waals surface area contributed by atoms with Crippen LogP contribution in [-0.4, -0.2) is 22.7 Å². The summed E-state index contributed by atoms with van der Waals surface area (Å²) >= 11 is 0. The Morgan fingerprint density at radius 1 is 1.47 bits per heavy atom. The molecule has 0 bridgehead atoms. The SMILES string of the molecule is O=C(O)c1c[nH]c2ccc(OCC3CC3)cc12. The van der Waals surface area contributed by atoms with Gasteiger partial charge in [-0.15, -0.1) is 0 Å². The summed E-state index contributed by atoms with van der Waals surface area (Å²) < 4.78 is 5.64. The van der Waals surface area contributed by atoms with E-state index in [4.69, 9.17) is 9.84 Å². The summed E-state index contributed by atoms with van der Waals surface area (Å²) in [6.45, 7) is 0.734. The van der Waals surface area contributed by atoms with Gasteiger partial charge in [-0.2, -0.15) is 0 Å². The third-order valence-electron chi connectivity index (χ3n) is 3.07. The van der Waals surface area contributed by atoms with Gasteiger partial charge >= 0.3 is 5.97 Å². The minimum absolute atomic E-state index is 0.289. The second-order valence-corrected chi connectivity index (χ2v) is 4.47. The average molecular weight is 231 g/mol. The summed E-state index contributed by atoms with van der Waals surface area (Å²) in [6.07, 6.45) is 4.00. The van der Waals surface area contributed by atoms with E-state index in [-0.39, 0.29) is 5.56 Å². The van der Waals surface area contributed by atoms with Crippen LogP contribution in [0.15, 0.2) is 24.4 Å². The van der Waals surface area contributed by atoms with E-state index in [1.165, 1.54) is 19.0 Å². The monoisotopic (exact) mass is 231 g/mol. The highest BCUT2D eigenvalue weighted by Crippen LogP contribution is 2.30. The van der Waals surface area contributed by atoms with Crippen LogP contribution in [0, 0.1) is 5.92 Å². The Morgan fingerprint density at radius 2 is 2.29 bits per heavy atom. The van der Waals surface area contributed by atoms with E-state index in [1.807, 2.05) is 12.1 Å². The highest BCUT2D eigenvalue weighted by atomic mass is 16.5. The Labute approximate surface area is 98.2 Å². The molecule has 1 aliphatic carbocycles. The Morgan fingerprint density at radius 3 is 3.00 bits per heavy atom. The van der Waals surface area contributed by atoms with E-state index in [9.17, 15) is 4.79 Å². The highest BCUT2D eigenvalue weighted by Gasteiger charge is 2.22. The zero-order valence-electron chi connectivity index (χ0n) is 9.27. The van der Waals surface area contributed by atoms with Crippen LogP contribution in [-0.2, 0) is 0 Å². The molecule has 1 aromatic carbocycles. The molecule has 4 heteroatoms. The van der Waals surface area contributed by atoms with E-state index in [0.29, 0.717) is 11.3 Å². The van der Waals surface area contributed by atoms with Crippen molar-refractivity contribution in [2.24, 2.45) is 5.92 Å². The molecule has 0 aliphatic heterocycles. The molecule has 1 saturated carbocycles. The molecule has 0 saturated heterocycles. The van der Waals surface area contributed by atoms with Crippen molar-refractivity contribution < 1.29 is 14.6 Å².